The highest BCUT2D eigenvalue weighted by Gasteiger charge is 2.33. The van der Waals surface area contributed by atoms with Gasteiger partial charge in [0.15, 0.2) is 0 Å². The van der Waals surface area contributed by atoms with Gasteiger partial charge in [-0.25, -0.2) is 0 Å². The zero-order chi connectivity index (χ0) is 16.2. The molecular weight excluding hydrogens is 274 g/mol. The van der Waals surface area contributed by atoms with Crippen LogP contribution in [-0.2, 0) is 9.53 Å². The lowest BCUT2D eigenvalue weighted by Crippen LogP contribution is -2.35. The third-order valence-corrected chi connectivity index (χ3v) is 4.49. The van der Waals surface area contributed by atoms with Crippen LogP contribution in [0.25, 0.3) is 0 Å². The maximum Gasteiger partial charge on any atom is 0.227 e. The van der Waals surface area contributed by atoms with Crippen LogP contribution in [0.1, 0.15) is 58.6 Å². The molecule has 0 radical (unpaired) electrons. The van der Waals surface area contributed by atoms with Gasteiger partial charge >= 0.3 is 0 Å². The molecule has 0 bridgehead atoms. The summed E-state index contributed by atoms with van der Waals surface area (Å²) in [4.78, 5) is 14.3. The molecule has 0 aliphatic carbocycles. The molecule has 1 aromatic carbocycles. The van der Waals surface area contributed by atoms with E-state index >= 15 is 0 Å². The lowest BCUT2D eigenvalue weighted by Gasteiger charge is -2.33. The number of likely N-dealkylation sites (tertiary alicyclic amines) is 1. The number of rotatable bonds is 6. The molecule has 0 spiro atoms. The summed E-state index contributed by atoms with van der Waals surface area (Å²) in [6.45, 7) is 8.83. The fourth-order valence-electron chi connectivity index (χ4n) is 2.70. The van der Waals surface area contributed by atoms with Gasteiger partial charge in [-0.1, -0.05) is 43.3 Å². The molecule has 0 N–H and O–H groups in total. The van der Waals surface area contributed by atoms with Gasteiger partial charge in [0, 0.05) is 12.1 Å². The average Bonchev–Trinajstić information content (AvgIpc) is 2.90. The van der Waals surface area contributed by atoms with Gasteiger partial charge in [0.05, 0.1) is 18.2 Å². The van der Waals surface area contributed by atoms with Gasteiger partial charge in [-0.2, -0.15) is 0 Å². The molecule has 0 unspecified atom stereocenters. The van der Waals surface area contributed by atoms with Crippen molar-refractivity contribution in [3.05, 3.63) is 47.7 Å². The molecule has 2 rings (SSSR count). The number of benzene rings is 1. The predicted molar refractivity (Wildman–Crippen MR) is 89.3 cm³/mol. The zero-order valence-electron chi connectivity index (χ0n) is 14.1. The smallest absolute Gasteiger partial charge is 0.227 e. The molecule has 1 aromatic rings. The highest BCUT2D eigenvalue weighted by atomic mass is 16.5. The minimum absolute atomic E-state index is 0.0479. The molecule has 22 heavy (non-hydrogen) atoms. The standard InChI is InChI=1S/C19H27NO2/c1-5-16-12-13-18(21)20(16)17(14-22-19(3,4)6-2)15-10-8-7-9-11-15/h5,7-11,17H,6,12-14H2,1-4H3/b16-5-/t17-/m0/s1. The van der Waals surface area contributed by atoms with E-state index < -0.39 is 0 Å². The lowest BCUT2D eigenvalue weighted by molar-refractivity contribution is -0.131. The normalized spacial score (nSPS) is 19.0. The van der Waals surface area contributed by atoms with Crippen molar-refractivity contribution in [2.45, 2.75) is 58.6 Å². The van der Waals surface area contributed by atoms with E-state index in [9.17, 15) is 4.79 Å². The Kier molecular flexibility index (Phi) is 5.41. The molecule has 1 saturated heterocycles. The Morgan fingerprint density at radius 1 is 1.27 bits per heavy atom. The van der Waals surface area contributed by atoms with Gasteiger partial charge in [-0.15, -0.1) is 0 Å². The first kappa shape index (κ1) is 16.8. The predicted octanol–water partition coefficient (Wildman–Crippen LogP) is 4.46. The number of allylic oxidation sites excluding steroid dienone is 2. The summed E-state index contributed by atoms with van der Waals surface area (Å²) in [5.41, 5.74) is 2.06. The van der Waals surface area contributed by atoms with Crippen molar-refractivity contribution in [1.29, 1.82) is 0 Å². The Hall–Kier alpha value is -1.61. The SMILES string of the molecule is C/C=C1/CCC(=O)N1[C@@H](COC(C)(C)CC)c1ccccc1. The minimum atomic E-state index is -0.175. The van der Waals surface area contributed by atoms with Crippen molar-refractivity contribution in [3.8, 4) is 0 Å². The minimum Gasteiger partial charge on any atom is -0.373 e. The number of hydrogen-bond acceptors (Lipinski definition) is 2. The lowest BCUT2D eigenvalue weighted by atomic mass is 10.0. The Labute approximate surface area is 134 Å². The molecule has 3 heteroatoms. The van der Waals surface area contributed by atoms with E-state index in [1.807, 2.05) is 36.1 Å². The topological polar surface area (TPSA) is 29.5 Å². The number of amides is 1. The highest BCUT2D eigenvalue weighted by Crippen LogP contribution is 2.34. The third-order valence-electron chi connectivity index (χ3n) is 4.49. The summed E-state index contributed by atoms with van der Waals surface area (Å²) in [5, 5.41) is 0. The van der Waals surface area contributed by atoms with E-state index in [1.165, 1.54) is 0 Å². The van der Waals surface area contributed by atoms with Gasteiger partial charge in [0.1, 0.15) is 0 Å². The first-order chi connectivity index (χ1) is 10.5. The first-order valence-corrected chi connectivity index (χ1v) is 8.14. The second-order valence-corrected chi connectivity index (χ2v) is 6.39. The van der Waals surface area contributed by atoms with E-state index in [4.69, 9.17) is 4.74 Å². The number of nitrogens with zero attached hydrogens (tertiary/aromatic N) is 1. The van der Waals surface area contributed by atoms with Crippen LogP contribution in [0.15, 0.2) is 42.1 Å². The largest absolute Gasteiger partial charge is 0.373 e. The Bertz CT molecular complexity index is 534. The fraction of sp³-hybridized carbons (Fsp3) is 0.526. The van der Waals surface area contributed by atoms with Crippen molar-refractivity contribution < 1.29 is 9.53 Å². The van der Waals surface area contributed by atoms with Crippen LogP contribution in [0.4, 0.5) is 0 Å². The van der Waals surface area contributed by atoms with E-state index in [-0.39, 0.29) is 17.6 Å². The zero-order valence-corrected chi connectivity index (χ0v) is 14.1. The van der Waals surface area contributed by atoms with Crippen LogP contribution in [0.3, 0.4) is 0 Å². The quantitative estimate of drug-likeness (QED) is 0.776. The monoisotopic (exact) mass is 301 g/mol. The van der Waals surface area contributed by atoms with Crippen molar-refractivity contribution in [2.75, 3.05) is 6.61 Å². The van der Waals surface area contributed by atoms with Crippen LogP contribution in [0.2, 0.25) is 0 Å². The van der Waals surface area contributed by atoms with Gasteiger partial charge < -0.3 is 9.64 Å². The molecule has 120 valence electrons. The van der Waals surface area contributed by atoms with Crippen molar-refractivity contribution in [2.24, 2.45) is 0 Å². The fourth-order valence-corrected chi connectivity index (χ4v) is 2.70. The molecule has 1 heterocycles. The summed E-state index contributed by atoms with van der Waals surface area (Å²) >= 11 is 0. The molecule has 1 aliphatic rings. The van der Waals surface area contributed by atoms with Crippen molar-refractivity contribution in [3.63, 3.8) is 0 Å². The van der Waals surface area contributed by atoms with Crippen molar-refractivity contribution in [1.82, 2.24) is 4.90 Å². The Morgan fingerprint density at radius 2 is 1.95 bits per heavy atom. The second-order valence-electron chi connectivity index (χ2n) is 6.39. The molecule has 1 amide bonds. The number of carbonyl (C=O) groups is 1. The highest BCUT2D eigenvalue weighted by molar-refractivity contribution is 5.81. The number of carbonyl (C=O) groups excluding carboxylic acids is 1. The Morgan fingerprint density at radius 3 is 2.55 bits per heavy atom. The maximum absolute atomic E-state index is 12.4. The van der Waals surface area contributed by atoms with Gasteiger partial charge in [0.25, 0.3) is 0 Å². The van der Waals surface area contributed by atoms with E-state index in [2.05, 4.69) is 32.9 Å². The van der Waals surface area contributed by atoms with Gasteiger partial charge in [-0.3, -0.25) is 4.79 Å². The van der Waals surface area contributed by atoms with Crippen LogP contribution in [0.5, 0.6) is 0 Å². The summed E-state index contributed by atoms with van der Waals surface area (Å²) in [5.74, 6) is 0.194. The summed E-state index contributed by atoms with van der Waals surface area (Å²) < 4.78 is 6.13. The summed E-state index contributed by atoms with van der Waals surface area (Å²) in [6, 6.07) is 10.1. The molecule has 0 aromatic heterocycles. The summed E-state index contributed by atoms with van der Waals surface area (Å²) in [7, 11) is 0. The van der Waals surface area contributed by atoms with Crippen LogP contribution >= 0.6 is 0 Å². The third kappa shape index (κ3) is 3.77. The molecule has 1 atom stereocenters. The number of ether oxygens (including phenoxy) is 1. The summed E-state index contributed by atoms with van der Waals surface area (Å²) in [6.07, 6.45) is 4.42. The molecule has 3 nitrogen and oxygen atoms in total. The van der Waals surface area contributed by atoms with E-state index in [0.717, 1.165) is 24.1 Å². The number of hydrogen-bond donors (Lipinski definition) is 0. The molecule has 1 fully saturated rings. The maximum atomic E-state index is 12.4. The average molecular weight is 301 g/mol. The van der Waals surface area contributed by atoms with Crippen LogP contribution < -0.4 is 0 Å². The van der Waals surface area contributed by atoms with Crippen molar-refractivity contribution >= 4 is 5.91 Å². The van der Waals surface area contributed by atoms with E-state index in [0.29, 0.717) is 13.0 Å². The van der Waals surface area contributed by atoms with Gasteiger partial charge in [0.2, 0.25) is 5.91 Å². The van der Waals surface area contributed by atoms with Crippen LogP contribution in [-0.4, -0.2) is 23.0 Å². The van der Waals surface area contributed by atoms with E-state index in [1.54, 1.807) is 0 Å². The first-order valence-electron chi connectivity index (χ1n) is 8.14. The molecule has 1 aliphatic heterocycles. The molecule has 0 saturated carbocycles. The van der Waals surface area contributed by atoms with Gasteiger partial charge in [-0.05, 0) is 39.2 Å². The van der Waals surface area contributed by atoms with Crippen LogP contribution in [0, 0.1) is 0 Å². The Balaban J connectivity index is 2.28. The second kappa shape index (κ2) is 7.10. The molecular formula is C19H27NO2.